The van der Waals surface area contributed by atoms with Gasteiger partial charge in [0.15, 0.2) is 0 Å². The number of nitrogens with two attached hydrogens (primary N) is 1. The Balaban J connectivity index is 1.18. The smallest absolute Gasteiger partial charge is 0.325 e. The third-order valence-electron chi connectivity index (χ3n) is 17.0. The number of carbonyl (C=O) groups excluding carboxylic acids is 6. The second-order valence-corrected chi connectivity index (χ2v) is 23.1. The van der Waals surface area contributed by atoms with E-state index >= 15 is 0 Å². The van der Waals surface area contributed by atoms with Crippen molar-refractivity contribution in [3.63, 3.8) is 0 Å². The fourth-order valence-corrected chi connectivity index (χ4v) is 11.7. The average molecular weight is 1070 g/mol. The lowest BCUT2D eigenvalue weighted by molar-refractivity contribution is -0.320. The molecule has 1 spiro atoms. The molecule has 5 aliphatic rings. The minimum absolute atomic E-state index is 0.0252. The summed E-state index contributed by atoms with van der Waals surface area (Å²) in [7, 11) is 0. The number of benzene rings is 1. The molecule has 1 unspecified atom stereocenters. The maximum atomic E-state index is 14.5. The van der Waals surface area contributed by atoms with Gasteiger partial charge in [0.2, 0.25) is 17.7 Å². The van der Waals surface area contributed by atoms with E-state index in [1.807, 2.05) is 45.9 Å². The quantitative estimate of drug-likeness (QED) is 0.0658. The predicted molar refractivity (Wildman–Crippen MR) is 291 cm³/mol. The number of ketones is 1. The SMILES string of the molecule is CC[C@H]1C[C@@H]2C[C@H]3[C@@H](O)[C@@H](C)[C@H](C[C@H](O)[C@@H](C)CC/C=C/C=C(\C)[C@@H]4C/C=C/C=C/[C@H](O)[C@H](C)[C@@H](O)[C@@H](CCC(C)=O)C(=O)N[C@@H](C(C)C)C(=O)N[C@@H](Cc5cccc(N)c5)C(=O)N5CCCC(N5)C(=O)O4)O[C@]23NC1=O. The van der Waals surface area contributed by atoms with Crippen molar-refractivity contribution in [3.8, 4) is 0 Å². The minimum atomic E-state index is -1.42. The second kappa shape index (κ2) is 27.6. The molecule has 10 N–H and O–H groups in total. The molecule has 18 heteroatoms. The Morgan fingerprint density at radius 3 is 2.43 bits per heavy atom. The van der Waals surface area contributed by atoms with Gasteiger partial charge in [-0.1, -0.05) is 96.2 Å². The van der Waals surface area contributed by atoms with Crippen molar-refractivity contribution < 1.29 is 58.7 Å². The van der Waals surface area contributed by atoms with E-state index in [9.17, 15) is 49.2 Å². The first-order valence-corrected chi connectivity index (χ1v) is 28.2. The van der Waals surface area contributed by atoms with E-state index in [1.54, 1.807) is 63.3 Å². The summed E-state index contributed by atoms with van der Waals surface area (Å²) < 4.78 is 12.9. The number of hydrogen-bond donors (Lipinski definition) is 9. The zero-order valence-electron chi connectivity index (χ0n) is 46.4. The van der Waals surface area contributed by atoms with Gasteiger partial charge >= 0.3 is 5.97 Å². The lowest BCUT2D eigenvalue weighted by Gasteiger charge is -2.65. The highest BCUT2D eigenvalue weighted by Gasteiger charge is 2.67. The Morgan fingerprint density at radius 2 is 1.73 bits per heavy atom. The molecule has 1 saturated carbocycles. The van der Waals surface area contributed by atoms with Crippen LogP contribution in [0.25, 0.3) is 0 Å². The van der Waals surface area contributed by atoms with Crippen LogP contribution in [-0.4, -0.2) is 128 Å². The van der Waals surface area contributed by atoms with Crippen LogP contribution in [0.1, 0.15) is 132 Å². The molecule has 1 aromatic carbocycles. The third-order valence-corrected chi connectivity index (χ3v) is 17.0. The van der Waals surface area contributed by atoms with Crippen LogP contribution in [0.5, 0.6) is 0 Å². The Labute approximate surface area is 455 Å². The number of amides is 4. The molecular formula is C59H88N6O12. The van der Waals surface area contributed by atoms with Gasteiger partial charge in [0, 0.05) is 67.5 Å². The number of anilines is 1. The van der Waals surface area contributed by atoms with E-state index in [0.29, 0.717) is 43.4 Å². The number of carbonyl (C=O) groups is 6. The van der Waals surface area contributed by atoms with Crippen molar-refractivity contribution in [1.82, 2.24) is 26.4 Å². The summed E-state index contributed by atoms with van der Waals surface area (Å²) in [6, 6.07) is 3.66. The molecule has 4 fully saturated rings. The molecule has 0 aromatic heterocycles. The van der Waals surface area contributed by atoms with Gasteiger partial charge in [-0.05, 0) is 100 Å². The van der Waals surface area contributed by atoms with Crippen LogP contribution in [0.3, 0.4) is 0 Å². The zero-order valence-corrected chi connectivity index (χ0v) is 46.4. The molecule has 6 rings (SSSR count). The van der Waals surface area contributed by atoms with Crippen LogP contribution in [0.4, 0.5) is 5.69 Å². The fraction of sp³-hybridized carbons (Fsp3) is 0.661. The molecule has 4 aliphatic heterocycles. The number of rotatable bonds is 15. The van der Waals surface area contributed by atoms with Gasteiger partial charge < -0.3 is 56.4 Å². The molecule has 18 nitrogen and oxygen atoms in total. The summed E-state index contributed by atoms with van der Waals surface area (Å²) in [5.41, 5.74) is 10.1. The van der Waals surface area contributed by atoms with Crippen LogP contribution in [0.15, 0.2) is 72.4 Å². The number of hydrazine groups is 1. The summed E-state index contributed by atoms with van der Waals surface area (Å²) in [5.74, 6) is -5.60. The molecule has 1 aromatic rings. The third kappa shape index (κ3) is 15.3. The summed E-state index contributed by atoms with van der Waals surface area (Å²) in [4.78, 5) is 82.1. The van der Waals surface area contributed by atoms with Crippen LogP contribution < -0.4 is 27.1 Å². The van der Waals surface area contributed by atoms with Gasteiger partial charge in [-0.15, -0.1) is 0 Å². The van der Waals surface area contributed by atoms with Gasteiger partial charge in [-0.2, -0.15) is 0 Å². The van der Waals surface area contributed by atoms with Gasteiger partial charge in [0.25, 0.3) is 5.91 Å². The maximum Gasteiger partial charge on any atom is 0.325 e. The molecule has 426 valence electrons. The zero-order chi connectivity index (χ0) is 56.3. The molecule has 2 bridgehead atoms. The number of nitrogen functional groups attached to an aromatic ring is 1. The highest BCUT2D eigenvalue weighted by molar-refractivity contribution is 5.93. The van der Waals surface area contributed by atoms with Crippen molar-refractivity contribution in [1.29, 1.82) is 0 Å². The van der Waals surface area contributed by atoms with Crippen molar-refractivity contribution in [3.05, 3.63) is 77.9 Å². The van der Waals surface area contributed by atoms with Crippen LogP contribution >= 0.6 is 0 Å². The number of nitrogens with zero attached hydrogens (tertiary/aromatic N) is 1. The molecular weight excluding hydrogens is 985 g/mol. The van der Waals surface area contributed by atoms with Crippen LogP contribution in [-0.2, 0) is 44.7 Å². The van der Waals surface area contributed by atoms with Crippen molar-refractivity contribution in [2.45, 2.75) is 193 Å². The fourth-order valence-electron chi connectivity index (χ4n) is 11.7. The molecule has 1 aliphatic carbocycles. The normalized spacial score (nSPS) is 35.6. The average Bonchev–Trinajstić information content (AvgIpc) is 3.39. The lowest BCUT2D eigenvalue weighted by Crippen LogP contribution is -2.78. The number of Topliss-reactive ketones (excluding diaryl/α,β-unsaturated/α-hetero) is 1. The van der Waals surface area contributed by atoms with Crippen LogP contribution in [0, 0.1) is 47.3 Å². The van der Waals surface area contributed by atoms with Crippen LogP contribution in [0.2, 0.25) is 0 Å². The maximum absolute atomic E-state index is 14.5. The van der Waals surface area contributed by atoms with E-state index in [-0.39, 0.29) is 73.5 Å². The van der Waals surface area contributed by atoms with Crippen molar-refractivity contribution >= 4 is 41.1 Å². The van der Waals surface area contributed by atoms with Crippen molar-refractivity contribution in [2.24, 2.45) is 47.3 Å². The standard InChI is InChI=1S/C59H88N6O12/c1-9-40-30-41-31-44-53(70)38(8)50(77-59(41,44)63-54(40)71)32-48(68)34(4)18-12-10-13-19-35(5)49-24-15-11-14-23-47(67)37(7)52(69)43(26-25-36(6)66)55(72)62-51(33(2)3)56(73)61-46(29-39-20-16-21-42(60)28-39)57(74)65-27-17-22-45(64-65)58(75)76-49/h10-11,13-16,19-21,23,28,33-34,37-38,40-41,43-53,64,67-70H,9,12,17-18,22,24-27,29-32,60H2,1-8H3,(H,61,73)(H,62,72)(H,63,71)/b13-10+,15-11+,23-14+,35-19+/t34-,37-,38-,40-,41+,43+,44-,45?,46-,47-,48-,49-,50-,51-,52+,53-,59+/m0/s1. The van der Waals surface area contributed by atoms with E-state index in [0.717, 1.165) is 24.8 Å². The molecule has 77 heavy (non-hydrogen) atoms. The Bertz CT molecular complexity index is 2360. The first-order chi connectivity index (χ1) is 36.5. The molecule has 17 atom stereocenters. The second-order valence-electron chi connectivity index (χ2n) is 23.1. The van der Waals surface area contributed by atoms with Gasteiger partial charge in [-0.3, -0.25) is 29.0 Å². The van der Waals surface area contributed by atoms with Gasteiger partial charge in [0.05, 0.1) is 36.4 Å². The number of nitrogens with one attached hydrogen (secondary N) is 4. The number of fused-ring (bicyclic) bond motifs is 2. The molecule has 0 radical (unpaired) electrons. The number of hydrogen-bond acceptors (Lipinski definition) is 14. The predicted octanol–water partition coefficient (Wildman–Crippen LogP) is 4.65. The summed E-state index contributed by atoms with van der Waals surface area (Å²) in [6.45, 7) is 14.4. The number of piperidine rings is 1. The van der Waals surface area contributed by atoms with E-state index < -0.39 is 102 Å². The number of ether oxygens (including phenoxy) is 2. The van der Waals surface area contributed by atoms with E-state index in [4.69, 9.17) is 15.2 Å². The highest BCUT2D eigenvalue weighted by Crippen LogP contribution is 2.57. The number of aliphatic hydroxyl groups excluding tert-OH is 4. The monoisotopic (exact) mass is 1070 g/mol. The molecule has 4 heterocycles. The van der Waals surface area contributed by atoms with E-state index in [1.165, 1.54) is 18.0 Å². The lowest BCUT2D eigenvalue weighted by atomic mass is 9.55. The molecule has 4 amide bonds. The van der Waals surface area contributed by atoms with Gasteiger partial charge in [-0.25, -0.2) is 5.43 Å². The van der Waals surface area contributed by atoms with Crippen molar-refractivity contribution in [2.75, 3.05) is 12.3 Å². The topological polar surface area (TPSA) is 279 Å². The highest BCUT2D eigenvalue weighted by atomic mass is 16.5. The van der Waals surface area contributed by atoms with Gasteiger partial charge in [0.1, 0.15) is 35.7 Å². The Kier molecular flexibility index (Phi) is 21.8. The first-order valence-electron chi connectivity index (χ1n) is 28.2. The number of esters is 1. The molecule has 3 saturated heterocycles. The summed E-state index contributed by atoms with van der Waals surface area (Å²) >= 11 is 0. The minimum Gasteiger partial charge on any atom is -0.456 e. The first kappa shape index (κ1) is 61.0. The largest absolute Gasteiger partial charge is 0.456 e. The summed E-state index contributed by atoms with van der Waals surface area (Å²) in [5, 5.41) is 55.7. The Hall–Kier alpha value is -5.24. The number of aliphatic hydroxyl groups is 4. The van der Waals surface area contributed by atoms with E-state index in [2.05, 4.69) is 21.4 Å². The number of cyclic esters (lactones) is 1. The summed E-state index contributed by atoms with van der Waals surface area (Å²) in [6.07, 6.45) is 12.0. The Morgan fingerprint density at radius 1 is 0.974 bits per heavy atom. The number of allylic oxidation sites excluding steroid dienone is 5.